The van der Waals surface area contributed by atoms with Crippen LogP contribution in [0.4, 0.5) is 0 Å². The third-order valence-electron chi connectivity index (χ3n) is 5.94. The van der Waals surface area contributed by atoms with Gasteiger partial charge in [0.05, 0.1) is 16.7 Å². The van der Waals surface area contributed by atoms with Crippen LogP contribution < -0.4 is 12.4 Å². The first kappa shape index (κ1) is 29.8. The minimum Gasteiger partial charge on any atom is -1.00 e. The lowest BCUT2D eigenvalue weighted by molar-refractivity contribution is -0.138. The molecule has 0 aromatic heterocycles. The summed E-state index contributed by atoms with van der Waals surface area (Å²) in [5.74, 6) is -0.638. The van der Waals surface area contributed by atoms with E-state index in [1.807, 2.05) is 20.8 Å². The van der Waals surface area contributed by atoms with E-state index in [0.29, 0.717) is 0 Å². The zero-order valence-electron chi connectivity index (χ0n) is 21.4. The maximum absolute atomic E-state index is 14.2. The molecule has 0 atom stereocenters. The molecule has 7 heteroatoms. The van der Waals surface area contributed by atoms with Crippen molar-refractivity contribution in [1.29, 1.82) is 0 Å². The van der Waals surface area contributed by atoms with E-state index < -0.39 is 29.8 Å². The summed E-state index contributed by atoms with van der Waals surface area (Å²) in [6, 6.07) is 20.5. The first-order valence-corrected chi connectivity index (χ1v) is 13.6. The Morgan fingerprint density at radius 2 is 0.946 bits per heavy atom. The molecular formula is C30H30ClO5P. The van der Waals surface area contributed by atoms with E-state index in [-0.39, 0.29) is 47.4 Å². The Balaban J connectivity index is 0.00000481. The second-order valence-electron chi connectivity index (χ2n) is 8.96. The lowest BCUT2D eigenvalue weighted by Crippen LogP contribution is -3.00. The van der Waals surface area contributed by atoms with Crippen LogP contribution in [0, 0.1) is 20.8 Å². The number of rotatable bonds is 10. The molecule has 5 nitrogen and oxygen atoms in total. The summed E-state index contributed by atoms with van der Waals surface area (Å²) < 4.78 is 5.31. The van der Waals surface area contributed by atoms with Crippen molar-refractivity contribution in [3.8, 4) is 0 Å². The summed E-state index contributed by atoms with van der Waals surface area (Å²) in [5.41, 5.74) is 2.30. The second kappa shape index (κ2) is 12.7. The molecule has 0 aliphatic rings. The van der Waals surface area contributed by atoms with E-state index in [1.54, 1.807) is 72.8 Å². The Kier molecular flexibility index (Phi) is 10.2. The van der Waals surface area contributed by atoms with Crippen LogP contribution in [0.25, 0.3) is 0 Å². The molecule has 0 spiro atoms. The fourth-order valence-corrected chi connectivity index (χ4v) is 7.03. The van der Waals surface area contributed by atoms with Crippen molar-refractivity contribution in [1.82, 2.24) is 0 Å². The third-order valence-corrected chi connectivity index (χ3v) is 9.65. The lowest BCUT2D eigenvalue weighted by atomic mass is 10.2. The molecule has 0 N–H and O–H groups in total. The summed E-state index contributed by atoms with van der Waals surface area (Å²) >= 11 is 0. The van der Waals surface area contributed by atoms with Crippen LogP contribution in [-0.2, 0) is 9.53 Å². The summed E-state index contributed by atoms with van der Waals surface area (Å²) in [5, 5.41) is 0. The Bertz CT molecular complexity index is 1170. The van der Waals surface area contributed by atoms with Gasteiger partial charge in [-0.15, -0.1) is 0 Å². The molecule has 3 rings (SSSR count). The van der Waals surface area contributed by atoms with Gasteiger partial charge in [0.1, 0.15) is 12.8 Å². The van der Waals surface area contributed by atoms with E-state index >= 15 is 0 Å². The molecule has 0 fully saturated rings. The molecule has 3 aromatic carbocycles. The zero-order chi connectivity index (χ0) is 26.5. The third kappa shape index (κ3) is 6.68. The highest BCUT2D eigenvalue weighted by Crippen LogP contribution is 2.65. The number of halogens is 1. The predicted octanol–water partition coefficient (Wildman–Crippen LogP) is 3.57. The minimum absolute atomic E-state index is 0. The number of benzene rings is 3. The van der Waals surface area contributed by atoms with Crippen LogP contribution >= 0.6 is 7.26 Å². The molecule has 0 unspecified atom stereocenters. The Labute approximate surface area is 224 Å². The van der Waals surface area contributed by atoms with E-state index in [1.165, 1.54) is 6.92 Å². The molecule has 0 radical (unpaired) electrons. The van der Waals surface area contributed by atoms with Crippen LogP contribution in [0.5, 0.6) is 0 Å². The molecule has 37 heavy (non-hydrogen) atoms. The zero-order valence-corrected chi connectivity index (χ0v) is 23.1. The van der Waals surface area contributed by atoms with Crippen molar-refractivity contribution in [2.24, 2.45) is 0 Å². The Morgan fingerprint density at radius 3 is 1.22 bits per heavy atom. The summed E-state index contributed by atoms with van der Waals surface area (Å²) in [6.45, 7) is 10.5. The van der Waals surface area contributed by atoms with Crippen molar-refractivity contribution in [2.45, 2.75) is 27.7 Å². The molecule has 0 amide bonds. The van der Waals surface area contributed by atoms with Crippen molar-refractivity contribution < 1.29 is 36.3 Å². The second-order valence-corrected chi connectivity index (χ2v) is 12.2. The predicted molar refractivity (Wildman–Crippen MR) is 144 cm³/mol. The summed E-state index contributed by atoms with van der Waals surface area (Å²) in [6.07, 6.45) is -0.196. The van der Waals surface area contributed by atoms with Crippen LogP contribution in [0.3, 0.4) is 0 Å². The van der Waals surface area contributed by atoms with Crippen molar-refractivity contribution in [2.75, 3.05) is 12.8 Å². The fourth-order valence-electron chi connectivity index (χ4n) is 3.73. The number of carbonyl (C=O) groups is 4. The summed E-state index contributed by atoms with van der Waals surface area (Å²) in [7, 11) is -3.79. The largest absolute Gasteiger partial charge is 1.00 e. The van der Waals surface area contributed by atoms with Crippen LogP contribution in [0.2, 0.25) is 0 Å². The molecule has 3 aromatic rings. The SMILES string of the molecule is C=C(C)C(=O)OCC[P+](C(=O)c1ccc(C)cc1)(C(=O)c1ccc(C)cc1)C(=O)c1ccc(C)cc1.[Cl-]. The van der Waals surface area contributed by atoms with E-state index in [9.17, 15) is 19.2 Å². The van der Waals surface area contributed by atoms with Crippen LogP contribution in [0.1, 0.15) is 54.7 Å². The summed E-state index contributed by atoms with van der Waals surface area (Å²) in [4.78, 5) is 54.7. The van der Waals surface area contributed by atoms with Gasteiger partial charge in [-0.1, -0.05) is 59.7 Å². The standard InChI is InChI=1S/C30H30O5P.ClH/c1-20(2)27(31)35-18-19-36(28(32)24-12-6-21(3)7-13-24,29(33)25-14-8-22(4)9-15-25)30(34)26-16-10-23(5)11-17-26;/h6-17H,1,18-19H2,2-5H3;1H/q+1;/p-1. The van der Waals surface area contributed by atoms with Crippen LogP contribution in [0.15, 0.2) is 84.9 Å². The topological polar surface area (TPSA) is 77.5 Å². The van der Waals surface area contributed by atoms with Gasteiger partial charge in [-0.2, -0.15) is 0 Å². The van der Waals surface area contributed by atoms with E-state index in [2.05, 4.69) is 6.58 Å². The van der Waals surface area contributed by atoms with Crippen molar-refractivity contribution in [3.05, 3.63) is 118 Å². The molecule has 0 aliphatic heterocycles. The van der Waals surface area contributed by atoms with Crippen molar-refractivity contribution in [3.63, 3.8) is 0 Å². The number of hydrogen-bond acceptors (Lipinski definition) is 5. The number of ether oxygens (including phenoxy) is 1. The normalized spacial score (nSPS) is 10.7. The maximum atomic E-state index is 14.2. The Morgan fingerprint density at radius 1 is 0.649 bits per heavy atom. The van der Waals surface area contributed by atoms with Gasteiger partial charge in [-0.3, -0.25) is 0 Å². The number of esters is 1. The molecule has 0 aliphatic carbocycles. The Hall–Kier alpha value is -3.40. The monoisotopic (exact) mass is 536 g/mol. The van der Waals surface area contributed by atoms with Gasteiger partial charge in [0, 0.05) is 5.57 Å². The molecule has 0 heterocycles. The number of carbonyl (C=O) groups excluding carboxylic acids is 4. The molecule has 192 valence electrons. The van der Waals surface area contributed by atoms with Crippen molar-refractivity contribution >= 4 is 29.8 Å². The minimum atomic E-state index is -3.79. The first-order valence-electron chi connectivity index (χ1n) is 11.6. The highest BCUT2D eigenvalue weighted by Gasteiger charge is 2.62. The molecule has 0 saturated heterocycles. The van der Waals surface area contributed by atoms with Gasteiger partial charge in [-0.25, -0.2) is 19.2 Å². The average molecular weight is 537 g/mol. The highest BCUT2D eigenvalue weighted by atomic mass is 35.5. The van der Waals surface area contributed by atoms with Gasteiger partial charge in [0.15, 0.2) is 0 Å². The molecular weight excluding hydrogens is 507 g/mol. The highest BCUT2D eigenvalue weighted by molar-refractivity contribution is 8.16. The fraction of sp³-hybridized carbons (Fsp3) is 0.200. The van der Waals surface area contributed by atoms with Gasteiger partial charge in [0.2, 0.25) is 7.26 Å². The quantitative estimate of drug-likeness (QED) is 0.225. The van der Waals surface area contributed by atoms with Gasteiger partial charge < -0.3 is 17.1 Å². The lowest BCUT2D eigenvalue weighted by Gasteiger charge is -2.22. The van der Waals surface area contributed by atoms with Crippen LogP contribution in [-0.4, -0.2) is 35.3 Å². The number of aryl methyl sites for hydroxylation is 3. The molecule has 0 bridgehead atoms. The maximum Gasteiger partial charge on any atom is 0.333 e. The van der Waals surface area contributed by atoms with Gasteiger partial charge in [0.25, 0.3) is 0 Å². The molecule has 0 saturated carbocycles. The smallest absolute Gasteiger partial charge is 0.333 e. The van der Waals surface area contributed by atoms with Gasteiger partial charge in [-0.05, 0) is 64.1 Å². The average Bonchev–Trinajstić information content (AvgIpc) is 2.87. The number of hydrogen-bond donors (Lipinski definition) is 0. The van der Waals surface area contributed by atoms with Gasteiger partial charge >= 0.3 is 22.5 Å². The van der Waals surface area contributed by atoms with E-state index in [4.69, 9.17) is 4.74 Å². The first-order chi connectivity index (χ1) is 17.1. The van der Waals surface area contributed by atoms with E-state index in [0.717, 1.165) is 16.7 Å².